The maximum atomic E-state index is 11.8. The van der Waals surface area contributed by atoms with Crippen LogP contribution in [0.1, 0.15) is 39.5 Å². The molecule has 0 spiro atoms. The smallest absolute Gasteiger partial charge is 0.235 e. The van der Waals surface area contributed by atoms with E-state index in [1.165, 1.54) is 6.42 Å². The van der Waals surface area contributed by atoms with Crippen LogP contribution in [0.25, 0.3) is 0 Å². The fourth-order valence-corrected chi connectivity index (χ4v) is 3.40. The second kappa shape index (κ2) is 7.09. The molecular formula is C12H24N2O3S. The summed E-state index contributed by atoms with van der Waals surface area (Å²) in [6.07, 6.45) is 3.97. The molecule has 1 amide bonds. The predicted octanol–water partition coefficient (Wildman–Crippen LogP) is 0.458. The van der Waals surface area contributed by atoms with Gasteiger partial charge in [-0.3, -0.25) is 4.79 Å². The van der Waals surface area contributed by atoms with Crippen molar-refractivity contribution in [3.8, 4) is 0 Å². The fourth-order valence-electron chi connectivity index (χ4n) is 2.13. The first-order chi connectivity index (χ1) is 8.39. The SMILES string of the molecule is CC(C)NC(=O)CS(=O)(=O)CCC1CCCCN1. The molecule has 1 saturated heterocycles. The van der Waals surface area contributed by atoms with Gasteiger partial charge in [-0.1, -0.05) is 6.42 Å². The summed E-state index contributed by atoms with van der Waals surface area (Å²) in [4.78, 5) is 11.4. The van der Waals surface area contributed by atoms with E-state index in [-0.39, 0.29) is 11.8 Å². The first kappa shape index (κ1) is 15.4. The van der Waals surface area contributed by atoms with E-state index < -0.39 is 21.5 Å². The van der Waals surface area contributed by atoms with Crippen molar-refractivity contribution in [3.63, 3.8) is 0 Å². The van der Waals surface area contributed by atoms with Crippen LogP contribution in [-0.4, -0.2) is 44.5 Å². The molecule has 5 nitrogen and oxygen atoms in total. The van der Waals surface area contributed by atoms with E-state index in [4.69, 9.17) is 0 Å². The van der Waals surface area contributed by atoms with Crippen LogP contribution >= 0.6 is 0 Å². The van der Waals surface area contributed by atoms with Gasteiger partial charge in [0.05, 0.1) is 5.75 Å². The zero-order chi connectivity index (χ0) is 13.6. The van der Waals surface area contributed by atoms with E-state index in [1.807, 2.05) is 13.8 Å². The Bertz CT molecular complexity index is 360. The molecule has 1 fully saturated rings. The summed E-state index contributed by atoms with van der Waals surface area (Å²) in [5, 5.41) is 5.92. The van der Waals surface area contributed by atoms with Gasteiger partial charge in [0.15, 0.2) is 9.84 Å². The van der Waals surface area contributed by atoms with Crippen LogP contribution in [0.15, 0.2) is 0 Å². The van der Waals surface area contributed by atoms with Gasteiger partial charge in [-0.15, -0.1) is 0 Å². The van der Waals surface area contributed by atoms with Crippen LogP contribution < -0.4 is 10.6 Å². The Hall–Kier alpha value is -0.620. The second-order valence-electron chi connectivity index (χ2n) is 5.25. The molecule has 6 heteroatoms. The van der Waals surface area contributed by atoms with Crippen molar-refractivity contribution in [1.29, 1.82) is 0 Å². The third-order valence-corrected chi connectivity index (χ3v) is 4.55. The highest BCUT2D eigenvalue weighted by Crippen LogP contribution is 2.11. The lowest BCUT2D eigenvalue weighted by atomic mass is 10.0. The van der Waals surface area contributed by atoms with Crippen LogP contribution in [0.2, 0.25) is 0 Å². The topological polar surface area (TPSA) is 75.3 Å². The molecule has 1 aliphatic heterocycles. The van der Waals surface area contributed by atoms with Gasteiger partial charge >= 0.3 is 0 Å². The van der Waals surface area contributed by atoms with Gasteiger partial charge < -0.3 is 10.6 Å². The lowest BCUT2D eigenvalue weighted by Crippen LogP contribution is -2.38. The maximum absolute atomic E-state index is 11.8. The molecule has 1 heterocycles. The first-order valence-corrected chi connectivity index (χ1v) is 8.44. The van der Waals surface area contributed by atoms with E-state index in [1.54, 1.807) is 0 Å². The molecule has 1 rings (SSSR count). The number of nitrogens with one attached hydrogen (secondary N) is 2. The van der Waals surface area contributed by atoms with Crippen LogP contribution in [0, 0.1) is 0 Å². The summed E-state index contributed by atoms with van der Waals surface area (Å²) in [5.74, 6) is -0.699. The monoisotopic (exact) mass is 276 g/mol. The molecule has 1 unspecified atom stereocenters. The van der Waals surface area contributed by atoms with E-state index >= 15 is 0 Å². The number of carbonyl (C=O) groups is 1. The summed E-state index contributed by atoms with van der Waals surface area (Å²) in [6.45, 7) is 4.60. The van der Waals surface area contributed by atoms with Gasteiger partial charge in [0.25, 0.3) is 0 Å². The molecule has 0 radical (unpaired) electrons. The van der Waals surface area contributed by atoms with Gasteiger partial charge in [0.2, 0.25) is 5.91 Å². The summed E-state index contributed by atoms with van der Waals surface area (Å²) < 4.78 is 23.6. The van der Waals surface area contributed by atoms with Gasteiger partial charge in [0.1, 0.15) is 5.75 Å². The standard InChI is InChI=1S/C12H24N2O3S/c1-10(2)14-12(15)9-18(16,17)8-6-11-5-3-4-7-13-11/h10-11,13H,3-9H2,1-2H3,(H,14,15). The van der Waals surface area contributed by atoms with Crippen LogP contribution in [0.3, 0.4) is 0 Å². The zero-order valence-corrected chi connectivity index (χ0v) is 12.1. The third-order valence-electron chi connectivity index (χ3n) is 2.99. The Morgan fingerprint density at radius 1 is 1.39 bits per heavy atom. The van der Waals surface area contributed by atoms with E-state index in [0.717, 1.165) is 19.4 Å². The minimum Gasteiger partial charge on any atom is -0.353 e. The minimum absolute atomic E-state index is 0.0206. The fraction of sp³-hybridized carbons (Fsp3) is 0.917. The number of hydrogen-bond acceptors (Lipinski definition) is 4. The van der Waals surface area contributed by atoms with Crippen LogP contribution in [-0.2, 0) is 14.6 Å². The average molecular weight is 276 g/mol. The number of amides is 1. The number of rotatable bonds is 6. The summed E-state index contributed by atoms with van der Waals surface area (Å²) in [6, 6.07) is 0.273. The zero-order valence-electron chi connectivity index (χ0n) is 11.2. The van der Waals surface area contributed by atoms with Gasteiger partial charge in [-0.05, 0) is 39.7 Å². The molecule has 1 atom stereocenters. The predicted molar refractivity (Wildman–Crippen MR) is 72.2 cm³/mol. The molecular weight excluding hydrogens is 252 g/mol. The minimum atomic E-state index is -3.28. The van der Waals surface area contributed by atoms with Gasteiger partial charge in [0, 0.05) is 12.1 Å². The second-order valence-corrected chi connectivity index (χ2v) is 7.43. The molecule has 0 aromatic carbocycles. The quantitative estimate of drug-likeness (QED) is 0.739. The molecule has 0 bridgehead atoms. The highest BCUT2D eigenvalue weighted by Gasteiger charge is 2.20. The Morgan fingerprint density at radius 3 is 2.67 bits per heavy atom. The Kier molecular flexibility index (Phi) is 6.08. The molecule has 2 N–H and O–H groups in total. The molecule has 18 heavy (non-hydrogen) atoms. The molecule has 0 aromatic rings. The lowest BCUT2D eigenvalue weighted by molar-refractivity contribution is -0.119. The summed E-state index contributed by atoms with van der Waals surface area (Å²) in [5.41, 5.74) is 0. The number of hydrogen-bond donors (Lipinski definition) is 2. The molecule has 1 aliphatic rings. The molecule has 106 valence electrons. The highest BCUT2D eigenvalue weighted by molar-refractivity contribution is 7.92. The summed E-state index contributed by atoms with van der Waals surface area (Å²) in [7, 11) is -3.28. The Balaban J connectivity index is 2.32. The van der Waals surface area contributed by atoms with E-state index in [0.29, 0.717) is 12.5 Å². The third kappa shape index (κ3) is 6.35. The normalized spacial score (nSPS) is 20.9. The van der Waals surface area contributed by atoms with Crippen LogP contribution in [0.5, 0.6) is 0 Å². The van der Waals surface area contributed by atoms with E-state index in [9.17, 15) is 13.2 Å². The molecule has 0 aromatic heterocycles. The Morgan fingerprint density at radius 2 is 2.11 bits per heavy atom. The lowest BCUT2D eigenvalue weighted by Gasteiger charge is -2.23. The Labute approximate surface area is 110 Å². The van der Waals surface area contributed by atoms with Crippen molar-refractivity contribution in [2.75, 3.05) is 18.1 Å². The van der Waals surface area contributed by atoms with Crippen molar-refractivity contribution in [2.24, 2.45) is 0 Å². The van der Waals surface area contributed by atoms with Crippen molar-refractivity contribution >= 4 is 15.7 Å². The van der Waals surface area contributed by atoms with Crippen LogP contribution in [0.4, 0.5) is 0 Å². The van der Waals surface area contributed by atoms with Crippen molar-refractivity contribution in [1.82, 2.24) is 10.6 Å². The average Bonchev–Trinajstić information content (AvgIpc) is 2.26. The molecule has 0 saturated carbocycles. The largest absolute Gasteiger partial charge is 0.353 e. The van der Waals surface area contributed by atoms with Gasteiger partial charge in [-0.25, -0.2) is 8.42 Å². The summed E-state index contributed by atoms with van der Waals surface area (Å²) >= 11 is 0. The maximum Gasteiger partial charge on any atom is 0.235 e. The highest BCUT2D eigenvalue weighted by atomic mass is 32.2. The number of sulfone groups is 1. The van der Waals surface area contributed by atoms with Crippen molar-refractivity contribution in [2.45, 2.75) is 51.6 Å². The van der Waals surface area contributed by atoms with E-state index in [2.05, 4.69) is 10.6 Å². The number of carbonyl (C=O) groups excluding carboxylic acids is 1. The first-order valence-electron chi connectivity index (χ1n) is 6.62. The molecule has 0 aliphatic carbocycles. The van der Waals surface area contributed by atoms with Gasteiger partial charge in [-0.2, -0.15) is 0 Å². The number of piperidine rings is 1. The van der Waals surface area contributed by atoms with Crippen molar-refractivity contribution in [3.05, 3.63) is 0 Å². The van der Waals surface area contributed by atoms with Crippen molar-refractivity contribution < 1.29 is 13.2 Å².